The first-order valence-electron chi connectivity index (χ1n) is 4.83. The summed E-state index contributed by atoms with van der Waals surface area (Å²) in [5, 5.41) is 3.06. The van der Waals surface area contributed by atoms with Gasteiger partial charge in [-0.2, -0.15) is 24.5 Å². The second-order valence-corrected chi connectivity index (χ2v) is 4.31. The SMILES string of the molecule is O=C(c1ccsc1)c1cc(C(F)(F)F)ccc1F. The molecule has 0 N–H and O–H groups in total. The van der Waals surface area contributed by atoms with Gasteiger partial charge in [0.2, 0.25) is 0 Å². The first-order chi connectivity index (χ1) is 8.39. The van der Waals surface area contributed by atoms with Gasteiger partial charge in [0.05, 0.1) is 11.1 Å². The molecule has 0 saturated carbocycles. The van der Waals surface area contributed by atoms with E-state index in [9.17, 15) is 22.4 Å². The van der Waals surface area contributed by atoms with Gasteiger partial charge in [-0.15, -0.1) is 0 Å². The van der Waals surface area contributed by atoms with Crippen LogP contribution in [0.2, 0.25) is 0 Å². The van der Waals surface area contributed by atoms with Crippen LogP contribution >= 0.6 is 11.3 Å². The van der Waals surface area contributed by atoms with Crippen LogP contribution in [0.3, 0.4) is 0 Å². The number of carbonyl (C=O) groups is 1. The fourth-order valence-electron chi connectivity index (χ4n) is 1.42. The van der Waals surface area contributed by atoms with Gasteiger partial charge < -0.3 is 0 Å². The Bertz CT molecular complexity index is 572. The van der Waals surface area contributed by atoms with E-state index in [1.165, 1.54) is 22.8 Å². The van der Waals surface area contributed by atoms with Crippen LogP contribution in [0, 0.1) is 5.82 Å². The summed E-state index contributed by atoms with van der Waals surface area (Å²) < 4.78 is 50.8. The van der Waals surface area contributed by atoms with Crippen molar-refractivity contribution in [2.24, 2.45) is 0 Å². The van der Waals surface area contributed by atoms with Crippen LogP contribution in [0.5, 0.6) is 0 Å². The van der Waals surface area contributed by atoms with E-state index in [-0.39, 0.29) is 5.56 Å². The van der Waals surface area contributed by atoms with Crippen LogP contribution in [-0.2, 0) is 6.18 Å². The maximum Gasteiger partial charge on any atom is 0.416 e. The second-order valence-electron chi connectivity index (χ2n) is 3.53. The van der Waals surface area contributed by atoms with Gasteiger partial charge in [0.1, 0.15) is 5.82 Å². The summed E-state index contributed by atoms with van der Waals surface area (Å²) in [6.07, 6.45) is -4.60. The van der Waals surface area contributed by atoms with Crippen molar-refractivity contribution in [3.05, 3.63) is 57.5 Å². The van der Waals surface area contributed by atoms with Gasteiger partial charge >= 0.3 is 6.18 Å². The lowest BCUT2D eigenvalue weighted by atomic mass is 10.0. The minimum Gasteiger partial charge on any atom is -0.288 e. The molecule has 0 unspecified atom stereocenters. The molecular weight excluding hydrogens is 268 g/mol. The van der Waals surface area contributed by atoms with Crippen molar-refractivity contribution in [1.29, 1.82) is 0 Å². The van der Waals surface area contributed by atoms with E-state index in [4.69, 9.17) is 0 Å². The fraction of sp³-hybridized carbons (Fsp3) is 0.0833. The van der Waals surface area contributed by atoms with Crippen LogP contribution in [0.1, 0.15) is 21.5 Å². The zero-order chi connectivity index (χ0) is 13.3. The molecule has 1 heterocycles. The molecular formula is C12H6F4OS. The third-order valence-corrected chi connectivity index (χ3v) is 3.00. The third kappa shape index (κ3) is 2.43. The zero-order valence-corrected chi connectivity index (χ0v) is 9.61. The Kier molecular flexibility index (Phi) is 3.21. The molecule has 0 radical (unpaired) electrons. The van der Waals surface area contributed by atoms with Gasteiger partial charge in [0.25, 0.3) is 0 Å². The lowest BCUT2D eigenvalue weighted by Gasteiger charge is -2.08. The minimum absolute atomic E-state index is 0.179. The molecule has 1 aromatic carbocycles. The lowest BCUT2D eigenvalue weighted by molar-refractivity contribution is -0.137. The van der Waals surface area contributed by atoms with Crippen molar-refractivity contribution in [1.82, 2.24) is 0 Å². The van der Waals surface area contributed by atoms with Crippen molar-refractivity contribution in [2.75, 3.05) is 0 Å². The molecule has 0 amide bonds. The average molecular weight is 274 g/mol. The molecule has 2 rings (SSSR count). The molecule has 0 atom stereocenters. The van der Waals surface area contributed by atoms with Crippen molar-refractivity contribution in [2.45, 2.75) is 6.18 Å². The lowest BCUT2D eigenvalue weighted by Crippen LogP contribution is -2.09. The highest BCUT2D eigenvalue weighted by Gasteiger charge is 2.32. The Hall–Kier alpha value is -1.69. The topological polar surface area (TPSA) is 17.1 Å². The predicted octanol–water partition coefficient (Wildman–Crippen LogP) is 4.14. The van der Waals surface area contributed by atoms with E-state index in [1.807, 2.05) is 0 Å². The number of halogens is 4. The van der Waals surface area contributed by atoms with Crippen molar-refractivity contribution in [3.63, 3.8) is 0 Å². The average Bonchev–Trinajstić information content (AvgIpc) is 2.80. The van der Waals surface area contributed by atoms with Crippen LogP contribution in [0.4, 0.5) is 17.6 Å². The highest BCUT2D eigenvalue weighted by atomic mass is 32.1. The molecule has 0 fully saturated rings. The molecule has 2 aromatic rings. The molecule has 94 valence electrons. The minimum atomic E-state index is -4.60. The number of thiophene rings is 1. The number of carbonyl (C=O) groups excluding carboxylic acids is 1. The smallest absolute Gasteiger partial charge is 0.288 e. The quantitative estimate of drug-likeness (QED) is 0.594. The fourth-order valence-corrected chi connectivity index (χ4v) is 2.06. The molecule has 0 aliphatic heterocycles. The third-order valence-electron chi connectivity index (χ3n) is 2.32. The number of hydrogen-bond donors (Lipinski definition) is 0. The maximum absolute atomic E-state index is 13.4. The predicted molar refractivity (Wildman–Crippen MR) is 59.2 cm³/mol. The normalized spacial score (nSPS) is 11.6. The molecule has 0 spiro atoms. The van der Waals surface area contributed by atoms with Gasteiger partial charge in [0.15, 0.2) is 5.78 Å². The summed E-state index contributed by atoms with van der Waals surface area (Å²) in [6, 6.07) is 3.24. The Balaban J connectivity index is 2.48. The van der Waals surface area contributed by atoms with Crippen LogP contribution in [0.15, 0.2) is 35.0 Å². The van der Waals surface area contributed by atoms with Crippen molar-refractivity contribution in [3.8, 4) is 0 Å². The molecule has 0 aliphatic carbocycles. The molecule has 1 nitrogen and oxygen atoms in total. The molecule has 18 heavy (non-hydrogen) atoms. The number of rotatable bonds is 2. The first-order valence-corrected chi connectivity index (χ1v) is 5.77. The maximum atomic E-state index is 13.4. The van der Waals surface area contributed by atoms with E-state index < -0.39 is 28.9 Å². The van der Waals surface area contributed by atoms with E-state index >= 15 is 0 Å². The monoisotopic (exact) mass is 274 g/mol. The number of alkyl halides is 3. The van der Waals surface area contributed by atoms with Gasteiger partial charge in [-0.05, 0) is 29.6 Å². The van der Waals surface area contributed by atoms with E-state index in [1.54, 1.807) is 5.38 Å². The van der Waals surface area contributed by atoms with Gasteiger partial charge in [-0.3, -0.25) is 4.79 Å². The first kappa shape index (κ1) is 12.8. The Morgan fingerprint density at radius 3 is 2.44 bits per heavy atom. The Morgan fingerprint density at radius 1 is 1.17 bits per heavy atom. The Labute approximate surface area is 104 Å². The number of benzene rings is 1. The summed E-state index contributed by atoms with van der Waals surface area (Å²) in [6.45, 7) is 0. The highest BCUT2D eigenvalue weighted by Crippen LogP contribution is 2.31. The van der Waals surface area contributed by atoms with E-state index in [0.717, 1.165) is 0 Å². The van der Waals surface area contributed by atoms with Gasteiger partial charge in [-0.25, -0.2) is 4.39 Å². The summed E-state index contributed by atoms with van der Waals surface area (Å²) in [7, 11) is 0. The van der Waals surface area contributed by atoms with E-state index in [0.29, 0.717) is 18.2 Å². The van der Waals surface area contributed by atoms with Gasteiger partial charge in [-0.1, -0.05) is 0 Å². The molecule has 0 bridgehead atoms. The van der Waals surface area contributed by atoms with Gasteiger partial charge in [0, 0.05) is 10.9 Å². The van der Waals surface area contributed by atoms with Crippen LogP contribution in [0.25, 0.3) is 0 Å². The molecule has 0 saturated heterocycles. The molecule has 1 aromatic heterocycles. The van der Waals surface area contributed by atoms with E-state index in [2.05, 4.69) is 0 Å². The van der Waals surface area contributed by atoms with Crippen LogP contribution < -0.4 is 0 Å². The summed E-state index contributed by atoms with van der Waals surface area (Å²) >= 11 is 1.21. The molecule has 6 heteroatoms. The van der Waals surface area contributed by atoms with Crippen LogP contribution in [-0.4, -0.2) is 5.78 Å². The zero-order valence-electron chi connectivity index (χ0n) is 8.79. The largest absolute Gasteiger partial charge is 0.416 e. The number of ketones is 1. The second kappa shape index (κ2) is 4.53. The Morgan fingerprint density at radius 2 is 1.89 bits per heavy atom. The standard InChI is InChI=1S/C12H6F4OS/c13-10-2-1-8(12(14,15)16)5-9(10)11(17)7-3-4-18-6-7/h1-6H. The summed E-state index contributed by atoms with van der Waals surface area (Å²) in [5.74, 6) is -1.71. The summed E-state index contributed by atoms with van der Waals surface area (Å²) in [5.41, 5.74) is -1.43. The molecule has 0 aliphatic rings. The number of hydrogen-bond acceptors (Lipinski definition) is 2. The highest BCUT2D eigenvalue weighted by molar-refractivity contribution is 7.08. The summed E-state index contributed by atoms with van der Waals surface area (Å²) in [4.78, 5) is 11.8. The van der Waals surface area contributed by atoms with Crippen molar-refractivity contribution < 1.29 is 22.4 Å². The van der Waals surface area contributed by atoms with Crippen molar-refractivity contribution >= 4 is 17.1 Å².